The third kappa shape index (κ3) is 4.08. The van der Waals surface area contributed by atoms with Gasteiger partial charge in [0.25, 0.3) is 0 Å². The van der Waals surface area contributed by atoms with Gasteiger partial charge in [0.2, 0.25) is 5.91 Å². The van der Waals surface area contributed by atoms with Crippen LogP contribution in [0, 0.1) is 6.92 Å². The molecule has 0 saturated carbocycles. The Labute approximate surface area is 101 Å². The Balaban J connectivity index is 0.00000196. The minimum absolute atomic E-state index is 0. The van der Waals surface area contributed by atoms with E-state index < -0.39 is 0 Å². The van der Waals surface area contributed by atoms with Gasteiger partial charge < -0.3 is 10.6 Å². The molecule has 3 nitrogen and oxygen atoms in total. The summed E-state index contributed by atoms with van der Waals surface area (Å²) in [6.07, 6.45) is 0. The van der Waals surface area contributed by atoms with Crippen molar-refractivity contribution in [2.45, 2.75) is 6.92 Å². The highest BCUT2D eigenvalue weighted by Crippen LogP contribution is 2.24. The van der Waals surface area contributed by atoms with Gasteiger partial charge in [-0.2, -0.15) is 0 Å². The van der Waals surface area contributed by atoms with E-state index in [9.17, 15) is 4.79 Å². The molecule has 5 heteroatoms. The average Bonchev–Trinajstić information content (AvgIpc) is 2.12. The molecule has 0 aromatic heterocycles. The number of likely N-dealkylation sites (N-methyl/N-ethyl adjacent to an activating group) is 1. The number of hydrogen-bond donors (Lipinski definition) is 2. The third-order valence-corrected chi connectivity index (χ3v) is 2.14. The molecule has 2 N–H and O–H groups in total. The van der Waals surface area contributed by atoms with Gasteiger partial charge in [-0.05, 0) is 25.6 Å². The summed E-state index contributed by atoms with van der Waals surface area (Å²) in [5.41, 5.74) is 1.65. The molecule has 0 radical (unpaired) electrons. The summed E-state index contributed by atoms with van der Waals surface area (Å²) in [5.74, 6) is -0.0938. The van der Waals surface area contributed by atoms with Crippen LogP contribution in [0.4, 0.5) is 5.69 Å². The summed E-state index contributed by atoms with van der Waals surface area (Å²) in [7, 11) is 1.72. The van der Waals surface area contributed by atoms with Crippen LogP contribution in [0.25, 0.3) is 0 Å². The Hall–Kier alpha value is -0.770. The molecule has 1 rings (SSSR count). The van der Waals surface area contributed by atoms with Crippen molar-refractivity contribution in [2.24, 2.45) is 0 Å². The van der Waals surface area contributed by atoms with E-state index in [2.05, 4.69) is 10.6 Å². The highest BCUT2D eigenvalue weighted by atomic mass is 35.5. The monoisotopic (exact) mass is 248 g/mol. The van der Waals surface area contributed by atoms with Crippen LogP contribution >= 0.6 is 24.0 Å². The lowest BCUT2D eigenvalue weighted by Crippen LogP contribution is -2.25. The van der Waals surface area contributed by atoms with E-state index in [4.69, 9.17) is 11.6 Å². The highest BCUT2D eigenvalue weighted by Gasteiger charge is 2.06. The summed E-state index contributed by atoms with van der Waals surface area (Å²) < 4.78 is 0. The minimum Gasteiger partial charge on any atom is -0.323 e. The number of benzene rings is 1. The Morgan fingerprint density at radius 2 is 2.13 bits per heavy atom. The smallest absolute Gasteiger partial charge is 0.238 e. The van der Waals surface area contributed by atoms with Crippen molar-refractivity contribution in [1.82, 2.24) is 5.32 Å². The summed E-state index contributed by atoms with van der Waals surface area (Å²) in [6, 6.07) is 5.51. The van der Waals surface area contributed by atoms with Crippen molar-refractivity contribution < 1.29 is 4.79 Å². The SMILES string of the molecule is CNCC(=O)Nc1c(C)cccc1Cl.Cl. The lowest BCUT2D eigenvalue weighted by atomic mass is 10.2. The lowest BCUT2D eigenvalue weighted by Gasteiger charge is -2.09. The zero-order valence-electron chi connectivity index (χ0n) is 8.63. The number of hydrogen-bond acceptors (Lipinski definition) is 2. The van der Waals surface area contributed by atoms with Crippen molar-refractivity contribution in [2.75, 3.05) is 18.9 Å². The number of aryl methyl sites for hydroxylation is 1. The second kappa shape index (κ2) is 6.67. The molecule has 0 bridgehead atoms. The minimum atomic E-state index is -0.0938. The number of anilines is 1. The largest absolute Gasteiger partial charge is 0.323 e. The van der Waals surface area contributed by atoms with Crippen LogP contribution in [0.1, 0.15) is 5.56 Å². The first-order valence-electron chi connectivity index (χ1n) is 4.34. The molecule has 1 aromatic carbocycles. The molecule has 1 amide bonds. The first-order chi connectivity index (χ1) is 6.65. The molecule has 0 unspecified atom stereocenters. The number of carbonyl (C=O) groups is 1. The Kier molecular flexibility index (Phi) is 6.32. The maximum Gasteiger partial charge on any atom is 0.238 e. The van der Waals surface area contributed by atoms with Crippen LogP contribution < -0.4 is 10.6 Å². The molecule has 0 heterocycles. The van der Waals surface area contributed by atoms with Crippen LogP contribution in [-0.2, 0) is 4.79 Å². The van der Waals surface area contributed by atoms with Crippen LogP contribution in [0.15, 0.2) is 18.2 Å². The fourth-order valence-electron chi connectivity index (χ4n) is 1.13. The lowest BCUT2D eigenvalue weighted by molar-refractivity contribution is -0.115. The molecule has 0 aliphatic carbocycles. The summed E-state index contributed by atoms with van der Waals surface area (Å²) in [4.78, 5) is 11.3. The van der Waals surface area contributed by atoms with Gasteiger partial charge in [-0.3, -0.25) is 4.79 Å². The highest BCUT2D eigenvalue weighted by molar-refractivity contribution is 6.33. The van der Waals surface area contributed by atoms with Gasteiger partial charge >= 0.3 is 0 Å². The quantitative estimate of drug-likeness (QED) is 0.862. The van der Waals surface area contributed by atoms with E-state index in [0.29, 0.717) is 10.7 Å². The molecule has 1 aromatic rings. The fraction of sp³-hybridized carbons (Fsp3) is 0.300. The predicted molar refractivity (Wildman–Crippen MR) is 66.0 cm³/mol. The molecule has 0 atom stereocenters. The summed E-state index contributed by atoms with van der Waals surface area (Å²) >= 11 is 5.94. The second-order valence-electron chi connectivity index (χ2n) is 3.01. The third-order valence-electron chi connectivity index (χ3n) is 1.82. The van der Waals surface area contributed by atoms with Crippen LogP contribution in [0.3, 0.4) is 0 Å². The van der Waals surface area contributed by atoms with Gasteiger partial charge in [0, 0.05) is 0 Å². The molecular weight excluding hydrogens is 235 g/mol. The zero-order valence-corrected chi connectivity index (χ0v) is 10.2. The van der Waals surface area contributed by atoms with Crippen LogP contribution in [0.5, 0.6) is 0 Å². The summed E-state index contributed by atoms with van der Waals surface area (Å²) in [6.45, 7) is 2.19. The summed E-state index contributed by atoms with van der Waals surface area (Å²) in [5, 5.41) is 6.08. The molecule has 0 saturated heterocycles. The van der Waals surface area contributed by atoms with Crippen molar-refractivity contribution in [3.05, 3.63) is 28.8 Å². The maximum absolute atomic E-state index is 11.3. The van der Waals surface area contributed by atoms with Crippen LogP contribution in [-0.4, -0.2) is 19.5 Å². The first-order valence-corrected chi connectivity index (χ1v) is 4.72. The van der Waals surface area contributed by atoms with E-state index in [1.165, 1.54) is 0 Å². The van der Waals surface area contributed by atoms with Crippen LogP contribution in [0.2, 0.25) is 5.02 Å². The first kappa shape index (κ1) is 14.2. The van der Waals surface area contributed by atoms with Gasteiger partial charge in [-0.25, -0.2) is 0 Å². The van der Waals surface area contributed by atoms with Gasteiger partial charge in [-0.15, -0.1) is 12.4 Å². The number of rotatable bonds is 3. The Morgan fingerprint density at radius 3 is 2.67 bits per heavy atom. The Morgan fingerprint density at radius 1 is 1.47 bits per heavy atom. The Bertz CT molecular complexity index is 322. The average molecular weight is 249 g/mol. The molecule has 15 heavy (non-hydrogen) atoms. The second-order valence-corrected chi connectivity index (χ2v) is 3.42. The topological polar surface area (TPSA) is 41.1 Å². The van der Waals surface area contributed by atoms with Gasteiger partial charge in [-0.1, -0.05) is 23.7 Å². The zero-order chi connectivity index (χ0) is 10.6. The van der Waals surface area contributed by atoms with Gasteiger partial charge in [0.15, 0.2) is 0 Å². The van der Waals surface area contributed by atoms with E-state index in [-0.39, 0.29) is 24.9 Å². The fourth-order valence-corrected chi connectivity index (χ4v) is 1.40. The molecule has 0 fully saturated rings. The molecule has 0 aliphatic heterocycles. The maximum atomic E-state index is 11.3. The van der Waals surface area contributed by atoms with E-state index in [0.717, 1.165) is 5.56 Å². The van der Waals surface area contributed by atoms with Gasteiger partial charge in [0.1, 0.15) is 0 Å². The number of halogens is 2. The standard InChI is InChI=1S/C10H13ClN2O.ClH/c1-7-4-3-5-8(11)10(7)13-9(14)6-12-2;/h3-5,12H,6H2,1-2H3,(H,13,14);1H. The van der Waals surface area contributed by atoms with Crippen molar-refractivity contribution in [3.8, 4) is 0 Å². The van der Waals surface area contributed by atoms with Crippen molar-refractivity contribution in [1.29, 1.82) is 0 Å². The van der Waals surface area contributed by atoms with E-state index >= 15 is 0 Å². The number of carbonyl (C=O) groups excluding carboxylic acids is 1. The predicted octanol–water partition coefficient (Wildman–Crippen LogP) is 2.23. The van der Waals surface area contributed by atoms with Crippen molar-refractivity contribution >= 4 is 35.6 Å². The molecule has 0 aliphatic rings. The number of nitrogens with one attached hydrogen (secondary N) is 2. The number of para-hydroxylation sites is 1. The van der Waals surface area contributed by atoms with E-state index in [1.54, 1.807) is 13.1 Å². The van der Waals surface area contributed by atoms with Gasteiger partial charge in [0.05, 0.1) is 17.3 Å². The molecule has 0 spiro atoms. The number of amides is 1. The molecular formula is C10H14Cl2N2O. The van der Waals surface area contributed by atoms with E-state index in [1.807, 2.05) is 19.1 Å². The van der Waals surface area contributed by atoms with Crippen molar-refractivity contribution in [3.63, 3.8) is 0 Å². The normalized spacial score (nSPS) is 9.27. The molecule has 84 valence electrons.